The minimum Gasteiger partial charge on any atom is -0.391 e. The summed E-state index contributed by atoms with van der Waals surface area (Å²) in [6.07, 6.45) is 1.81. The number of hydrogen-bond acceptors (Lipinski definition) is 4. The molecule has 6 heteroatoms. The number of sulfonamides is 1. The average Bonchev–Trinajstić information content (AvgIpc) is 2.71. The number of aliphatic hydroxyl groups excluding tert-OH is 1. The maximum Gasteiger partial charge on any atom is 0.244 e. The van der Waals surface area contributed by atoms with Crippen molar-refractivity contribution in [3.8, 4) is 0 Å². The molecule has 0 bridgehead atoms. The van der Waals surface area contributed by atoms with Crippen LogP contribution >= 0.6 is 11.3 Å². The number of rotatable bonds is 7. The Morgan fingerprint density at radius 3 is 2.56 bits per heavy atom. The normalized spacial score (nSPS) is 12.3. The fourth-order valence-corrected chi connectivity index (χ4v) is 4.95. The van der Waals surface area contributed by atoms with Gasteiger partial charge in [-0.1, -0.05) is 20.3 Å². The number of unbranched alkanes of at least 4 members (excludes halogenated alkanes) is 1. The Bertz CT molecular complexity index is 480. The molecule has 1 rings (SSSR count). The largest absolute Gasteiger partial charge is 0.391 e. The molecule has 0 atom stereocenters. The predicted octanol–water partition coefficient (Wildman–Crippen LogP) is 2.36. The summed E-state index contributed by atoms with van der Waals surface area (Å²) in [5.74, 6) is 0. The Morgan fingerprint density at radius 2 is 2.06 bits per heavy atom. The maximum absolute atomic E-state index is 12.6. The Hall–Kier alpha value is -0.430. The van der Waals surface area contributed by atoms with Crippen LogP contribution in [0.5, 0.6) is 0 Å². The molecule has 1 aromatic heterocycles. The lowest BCUT2D eigenvalue weighted by molar-refractivity contribution is 0.282. The number of hydrogen-bond donors (Lipinski definition) is 1. The maximum atomic E-state index is 12.6. The third kappa shape index (κ3) is 3.12. The first-order valence-electron chi connectivity index (χ1n) is 6.16. The SMILES string of the molecule is CCCCN(CC)S(=O)(=O)c1c(C)csc1CO. The van der Waals surface area contributed by atoms with E-state index in [2.05, 4.69) is 0 Å². The van der Waals surface area contributed by atoms with Crippen LogP contribution in [0, 0.1) is 6.92 Å². The summed E-state index contributed by atoms with van der Waals surface area (Å²) < 4.78 is 26.6. The molecule has 1 aromatic rings. The van der Waals surface area contributed by atoms with Crippen molar-refractivity contribution in [2.24, 2.45) is 0 Å². The van der Waals surface area contributed by atoms with Gasteiger partial charge in [-0.05, 0) is 24.3 Å². The summed E-state index contributed by atoms with van der Waals surface area (Å²) in [6, 6.07) is 0. The smallest absolute Gasteiger partial charge is 0.244 e. The molecule has 1 N–H and O–H groups in total. The van der Waals surface area contributed by atoms with E-state index in [-0.39, 0.29) is 6.61 Å². The second-order valence-corrected chi connectivity index (χ2v) is 7.02. The van der Waals surface area contributed by atoms with Crippen LogP contribution in [-0.2, 0) is 16.6 Å². The lowest BCUT2D eigenvalue weighted by Crippen LogP contribution is -2.32. The van der Waals surface area contributed by atoms with Crippen molar-refractivity contribution in [3.63, 3.8) is 0 Å². The summed E-state index contributed by atoms with van der Waals surface area (Å²) in [5, 5.41) is 11.0. The predicted molar refractivity (Wildman–Crippen MR) is 74.3 cm³/mol. The van der Waals surface area contributed by atoms with Crippen LogP contribution in [0.1, 0.15) is 37.1 Å². The first kappa shape index (κ1) is 15.6. The fourth-order valence-electron chi connectivity index (χ4n) is 1.85. The van der Waals surface area contributed by atoms with Crippen LogP contribution in [0.2, 0.25) is 0 Å². The highest BCUT2D eigenvalue weighted by Gasteiger charge is 2.28. The van der Waals surface area contributed by atoms with Gasteiger partial charge in [0.25, 0.3) is 0 Å². The molecule has 0 saturated heterocycles. The summed E-state index contributed by atoms with van der Waals surface area (Å²) in [4.78, 5) is 0.829. The molecule has 0 saturated carbocycles. The van der Waals surface area contributed by atoms with Crippen LogP contribution in [0.3, 0.4) is 0 Å². The van der Waals surface area contributed by atoms with Crippen LogP contribution in [0.25, 0.3) is 0 Å². The molecular weight excluding hydrogens is 270 g/mol. The van der Waals surface area contributed by atoms with Gasteiger partial charge in [0.1, 0.15) is 4.90 Å². The van der Waals surface area contributed by atoms with E-state index in [9.17, 15) is 13.5 Å². The van der Waals surface area contributed by atoms with Crippen LogP contribution in [0.15, 0.2) is 10.3 Å². The highest BCUT2D eigenvalue weighted by Crippen LogP contribution is 2.29. The van der Waals surface area contributed by atoms with Crippen molar-refractivity contribution >= 4 is 21.4 Å². The number of thiophene rings is 1. The van der Waals surface area contributed by atoms with Gasteiger partial charge in [0, 0.05) is 13.1 Å². The molecule has 0 amide bonds. The van der Waals surface area contributed by atoms with Crippen LogP contribution in [0.4, 0.5) is 0 Å². The van der Waals surface area contributed by atoms with Crippen molar-refractivity contribution in [2.45, 2.75) is 45.1 Å². The average molecular weight is 291 g/mol. The monoisotopic (exact) mass is 291 g/mol. The van der Waals surface area contributed by atoms with Crippen molar-refractivity contribution in [1.29, 1.82) is 0 Å². The van der Waals surface area contributed by atoms with E-state index in [0.29, 0.717) is 22.9 Å². The molecule has 0 aliphatic rings. The zero-order chi connectivity index (χ0) is 13.8. The molecule has 104 valence electrons. The summed E-state index contributed by atoms with van der Waals surface area (Å²) in [5.41, 5.74) is 0.721. The van der Waals surface area contributed by atoms with E-state index < -0.39 is 10.0 Å². The Labute approximate surface area is 113 Å². The van der Waals surface area contributed by atoms with Crippen molar-refractivity contribution in [2.75, 3.05) is 13.1 Å². The number of aliphatic hydroxyl groups is 1. The second kappa shape index (κ2) is 6.65. The molecule has 0 aromatic carbocycles. The number of aryl methyl sites for hydroxylation is 1. The van der Waals surface area contributed by atoms with Gasteiger partial charge in [0.05, 0.1) is 11.5 Å². The molecule has 0 aliphatic carbocycles. The molecule has 4 nitrogen and oxygen atoms in total. The standard InChI is InChI=1S/C12H21NO3S2/c1-4-6-7-13(5-2)18(15,16)12-10(3)9-17-11(12)8-14/h9,14H,4-8H2,1-3H3. The van der Waals surface area contributed by atoms with Crippen LogP contribution in [-0.4, -0.2) is 30.9 Å². The van der Waals surface area contributed by atoms with E-state index in [1.807, 2.05) is 13.8 Å². The van der Waals surface area contributed by atoms with Gasteiger partial charge >= 0.3 is 0 Å². The Morgan fingerprint density at radius 1 is 1.39 bits per heavy atom. The Kier molecular flexibility index (Phi) is 5.78. The summed E-state index contributed by atoms with van der Waals surface area (Å²) >= 11 is 1.30. The highest BCUT2D eigenvalue weighted by atomic mass is 32.2. The number of nitrogens with zero attached hydrogens (tertiary/aromatic N) is 1. The quantitative estimate of drug-likeness (QED) is 0.839. The van der Waals surface area contributed by atoms with E-state index >= 15 is 0 Å². The van der Waals surface area contributed by atoms with E-state index in [4.69, 9.17) is 0 Å². The lowest BCUT2D eigenvalue weighted by Gasteiger charge is -2.21. The highest BCUT2D eigenvalue weighted by molar-refractivity contribution is 7.89. The van der Waals surface area contributed by atoms with Gasteiger partial charge in [-0.2, -0.15) is 4.31 Å². The van der Waals surface area contributed by atoms with Crippen molar-refractivity contribution in [3.05, 3.63) is 15.8 Å². The van der Waals surface area contributed by atoms with Gasteiger partial charge in [0.2, 0.25) is 10.0 Å². The fraction of sp³-hybridized carbons (Fsp3) is 0.667. The molecule has 0 unspecified atom stereocenters. The van der Waals surface area contributed by atoms with Crippen molar-refractivity contribution in [1.82, 2.24) is 4.31 Å². The molecule has 0 spiro atoms. The summed E-state index contributed by atoms with van der Waals surface area (Å²) in [6.45, 7) is 6.43. The minimum absolute atomic E-state index is 0.224. The molecule has 1 heterocycles. The van der Waals surface area contributed by atoms with Gasteiger partial charge < -0.3 is 5.11 Å². The van der Waals surface area contributed by atoms with Gasteiger partial charge in [-0.25, -0.2) is 8.42 Å². The first-order chi connectivity index (χ1) is 8.48. The molecule has 0 fully saturated rings. The Balaban J connectivity index is 3.14. The van der Waals surface area contributed by atoms with Gasteiger partial charge in [-0.3, -0.25) is 0 Å². The van der Waals surface area contributed by atoms with Gasteiger partial charge in [-0.15, -0.1) is 11.3 Å². The summed E-state index contributed by atoms with van der Waals surface area (Å²) in [7, 11) is -3.47. The zero-order valence-corrected chi connectivity index (χ0v) is 12.8. The van der Waals surface area contributed by atoms with Gasteiger partial charge in [0.15, 0.2) is 0 Å². The van der Waals surface area contributed by atoms with Crippen LogP contribution < -0.4 is 0 Å². The molecule has 0 radical (unpaired) electrons. The zero-order valence-electron chi connectivity index (χ0n) is 11.1. The van der Waals surface area contributed by atoms with E-state index in [1.165, 1.54) is 15.6 Å². The minimum atomic E-state index is -3.47. The molecule has 0 aliphatic heterocycles. The topological polar surface area (TPSA) is 57.6 Å². The molecular formula is C12H21NO3S2. The molecule has 18 heavy (non-hydrogen) atoms. The lowest BCUT2D eigenvalue weighted by atomic mass is 10.3. The van der Waals surface area contributed by atoms with E-state index in [0.717, 1.165) is 18.4 Å². The first-order valence-corrected chi connectivity index (χ1v) is 8.48. The van der Waals surface area contributed by atoms with E-state index in [1.54, 1.807) is 12.3 Å². The second-order valence-electron chi connectivity index (χ2n) is 4.18. The van der Waals surface area contributed by atoms with Crippen molar-refractivity contribution < 1.29 is 13.5 Å². The third-order valence-electron chi connectivity index (χ3n) is 2.84. The third-order valence-corrected chi connectivity index (χ3v) is 6.27.